The highest BCUT2D eigenvalue weighted by Crippen LogP contribution is 2.36. The van der Waals surface area contributed by atoms with Crippen LogP contribution < -0.4 is 10.2 Å². The maximum absolute atomic E-state index is 3.58. The monoisotopic (exact) mass is 272 g/mol. The van der Waals surface area contributed by atoms with Crippen LogP contribution in [0, 0.1) is 11.3 Å². The first kappa shape index (κ1) is 13.9. The maximum atomic E-state index is 3.58. The van der Waals surface area contributed by atoms with Crippen molar-refractivity contribution in [2.45, 2.75) is 39.5 Å². The van der Waals surface area contributed by atoms with Crippen LogP contribution in [-0.2, 0) is 6.42 Å². The van der Waals surface area contributed by atoms with Gasteiger partial charge in [-0.15, -0.1) is 0 Å². The van der Waals surface area contributed by atoms with Crippen molar-refractivity contribution in [3.8, 4) is 0 Å². The summed E-state index contributed by atoms with van der Waals surface area (Å²) in [6, 6.07) is 8.98. The zero-order valence-electron chi connectivity index (χ0n) is 13.0. The summed E-state index contributed by atoms with van der Waals surface area (Å²) in [5.74, 6) is 0.810. The summed E-state index contributed by atoms with van der Waals surface area (Å²) in [6.45, 7) is 9.74. The van der Waals surface area contributed by atoms with Crippen molar-refractivity contribution in [1.82, 2.24) is 5.32 Å². The van der Waals surface area contributed by atoms with Crippen LogP contribution in [0.2, 0.25) is 0 Å². The van der Waals surface area contributed by atoms with Crippen LogP contribution in [0.4, 0.5) is 5.69 Å². The van der Waals surface area contributed by atoms with Crippen LogP contribution in [0.15, 0.2) is 24.3 Å². The van der Waals surface area contributed by atoms with E-state index in [1.165, 1.54) is 63.1 Å². The lowest BCUT2D eigenvalue weighted by Crippen LogP contribution is -2.46. The molecule has 0 aromatic heterocycles. The average molecular weight is 272 g/mol. The fourth-order valence-electron chi connectivity index (χ4n) is 3.92. The van der Waals surface area contributed by atoms with Crippen LogP contribution in [0.1, 0.15) is 38.7 Å². The summed E-state index contributed by atoms with van der Waals surface area (Å²) in [5, 5.41) is 3.58. The number of rotatable bonds is 3. The minimum atomic E-state index is 0.387. The molecule has 2 nitrogen and oxygen atoms in total. The van der Waals surface area contributed by atoms with Gasteiger partial charge < -0.3 is 10.2 Å². The van der Waals surface area contributed by atoms with Crippen molar-refractivity contribution >= 4 is 5.69 Å². The molecule has 0 saturated carbocycles. The molecular weight excluding hydrogens is 244 g/mol. The smallest absolute Gasteiger partial charge is 0.0398 e. The van der Waals surface area contributed by atoms with Gasteiger partial charge in [0, 0.05) is 18.8 Å². The molecule has 0 aliphatic carbocycles. The van der Waals surface area contributed by atoms with Crippen LogP contribution >= 0.6 is 0 Å². The van der Waals surface area contributed by atoms with E-state index in [1.807, 2.05) is 0 Å². The van der Waals surface area contributed by atoms with E-state index in [0.717, 1.165) is 5.92 Å². The molecule has 0 amide bonds. The molecule has 0 spiro atoms. The van der Waals surface area contributed by atoms with Crippen molar-refractivity contribution < 1.29 is 0 Å². The Morgan fingerprint density at radius 3 is 2.90 bits per heavy atom. The van der Waals surface area contributed by atoms with Crippen molar-refractivity contribution in [2.24, 2.45) is 11.3 Å². The number of anilines is 1. The number of hydrogen-bond acceptors (Lipinski definition) is 2. The lowest BCUT2D eigenvalue weighted by molar-refractivity contribution is 0.175. The van der Waals surface area contributed by atoms with Gasteiger partial charge >= 0.3 is 0 Å². The Morgan fingerprint density at radius 2 is 2.10 bits per heavy atom. The first-order valence-electron chi connectivity index (χ1n) is 8.20. The summed E-state index contributed by atoms with van der Waals surface area (Å²) in [5.41, 5.74) is 3.41. The number of nitrogens with zero attached hydrogens (tertiary/aromatic N) is 1. The summed E-state index contributed by atoms with van der Waals surface area (Å²) in [6.07, 6.45) is 5.27. The molecule has 20 heavy (non-hydrogen) atoms. The lowest BCUT2D eigenvalue weighted by Gasteiger charge is -2.43. The summed E-state index contributed by atoms with van der Waals surface area (Å²) < 4.78 is 0. The van der Waals surface area contributed by atoms with Gasteiger partial charge in [0.25, 0.3) is 0 Å². The molecule has 1 unspecified atom stereocenters. The standard InChI is InChI=1S/C18H28N2/c1-18(2,16-9-5-11-19-13-16)14-20-12-6-8-15-7-3-4-10-17(15)20/h3-4,7,10,16,19H,5-6,8-9,11-14H2,1-2H3. The first-order valence-corrected chi connectivity index (χ1v) is 8.20. The Morgan fingerprint density at radius 1 is 1.25 bits per heavy atom. The van der Waals surface area contributed by atoms with E-state index in [-0.39, 0.29) is 0 Å². The Hall–Kier alpha value is -1.02. The Balaban J connectivity index is 1.74. The second-order valence-corrected chi connectivity index (χ2v) is 7.19. The first-order chi connectivity index (χ1) is 9.67. The third-order valence-electron chi connectivity index (χ3n) is 5.21. The normalized spacial score (nSPS) is 23.5. The van der Waals surface area contributed by atoms with Crippen molar-refractivity contribution in [3.05, 3.63) is 29.8 Å². The Kier molecular flexibility index (Phi) is 4.02. The van der Waals surface area contributed by atoms with Gasteiger partial charge in [-0.05, 0) is 61.7 Å². The van der Waals surface area contributed by atoms with Gasteiger partial charge in [0.15, 0.2) is 0 Å². The van der Waals surface area contributed by atoms with Crippen LogP contribution in [-0.4, -0.2) is 26.2 Å². The number of aryl methyl sites for hydroxylation is 1. The van der Waals surface area contributed by atoms with E-state index in [0.29, 0.717) is 5.41 Å². The number of nitrogens with one attached hydrogen (secondary N) is 1. The molecule has 1 saturated heterocycles. The molecule has 2 heteroatoms. The van der Waals surface area contributed by atoms with Gasteiger partial charge in [0.05, 0.1) is 0 Å². The summed E-state index contributed by atoms with van der Waals surface area (Å²) >= 11 is 0. The van der Waals surface area contributed by atoms with Gasteiger partial charge in [-0.2, -0.15) is 0 Å². The molecule has 2 heterocycles. The SMILES string of the molecule is CC(C)(CN1CCCc2ccccc21)C1CCCNC1. The van der Waals surface area contributed by atoms with E-state index in [9.17, 15) is 0 Å². The zero-order valence-corrected chi connectivity index (χ0v) is 13.0. The number of para-hydroxylation sites is 1. The fraction of sp³-hybridized carbons (Fsp3) is 0.667. The molecule has 2 aliphatic heterocycles. The molecule has 0 bridgehead atoms. The third-order valence-corrected chi connectivity index (χ3v) is 5.21. The molecule has 2 aliphatic rings. The largest absolute Gasteiger partial charge is 0.371 e. The molecule has 0 radical (unpaired) electrons. The van der Waals surface area contributed by atoms with E-state index in [1.54, 1.807) is 0 Å². The number of benzene rings is 1. The van der Waals surface area contributed by atoms with Gasteiger partial charge in [-0.25, -0.2) is 0 Å². The van der Waals surface area contributed by atoms with Crippen molar-refractivity contribution in [1.29, 1.82) is 0 Å². The molecular formula is C18H28N2. The quantitative estimate of drug-likeness (QED) is 0.906. The van der Waals surface area contributed by atoms with E-state index >= 15 is 0 Å². The average Bonchev–Trinajstić information content (AvgIpc) is 2.48. The highest BCUT2D eigenvalue weighted by molar-refractivity contribution is 5.55. The van der Waals surface area contributed by atoms with Crippen LogP contribution in [0.5, 0.6) is 0 Å². The maximum Gasteiger partial charge on any atom is 0.0398 e. The number of piperidine rings is 1. The molecule has 3 rings (SSSR count). The molecule has 110 valence electrons. The van der Waals surface area contributed by atoms with Crippen LogP contribution in [0.25, 0.3) is 0 Å². The van der Waals surface area contributed by atoms with E-state index < -0.39 is 0 Å². The molecule has 1 N–H and O–H groups in total. The summed E-state index contributed by atoms with van der Waals surface area (Å²) in [7, 11) is 0. The second-order valence-electron chi connectivity index (χ2n) is 7.19. The van der Waals surface area contributed by atoms with Gasteiger partial charge in [-0.3, -0.25) is 0 Å². The highest BCUT2D eigenvalue weighted by atomic mass is 15.1. The van der Waals surface area contributed by atoms with Gasteiger partial charge in [0.2, 0.25) is 0 Å². The third kappa shape index (κ3) is 2.85. The fourth-order valence-corrected chi connectivity index (χ4v) is 3.92. The minimum absolute atomic E-state index is 0.387. The molecule has 1 atom stereocenters. The Bertz CT molecular complexity index is 446. The molecule has 1 aromatic carbocycles. The van der Waals surface area contributed by atoms with Gasteiger partial charge in [-0.1, -0.05) is 32.0 Å². The predicted molar refractivity (Wildman–Crippen MR) is 86.4 cm³/mol. The molecule has 1 aromatic rings. The van der Waals surface area contributed by atoms with Gasteiger partial charge in [0.1, 0.15) is 0 Å². The topological polar surface area (TPSA) is 15.3 Å². The highest BCUT2D eigenvalue weighted by Gasteiger charge is 2.33. The minimum Gasteiger partial charge on any atom is -0.371 e. The summed E-state index contributed by atoms with van der Waals surface area (Å²) in [4.78, 5) is 2.63. The van der Waals surface area contributed by atoms with E-state index in [4.69, 9.17) is 0 Å². The van der Waals surface area contributed by atoms with Crippen molar-refractivity contribution in [2.75, 3.05) is 31.1 Å². The molecule has 1 fully saturated rings. The van der Waals surface area contributed by atoms with E-state index in [2.05, 4.69) is 48.3 Å². The second kappa shape index (κ2) is 5.77. The van der Waals surface area contributed by atoms with Crippen molar-refractivity contribution in [3.63, 3.8) is 0 Å². The predicted octanol–water partition coefficient (Wildman–Crippen LogP) is 3.47. The number of fused-ring (bicyclic) bond motifs is 1. The number of hydrogen-bond donors (Lipinski definition) is 1. The Labute approximate surface area is 123 Å². The lowest BCUT2D eigenvalue weighted by atomic mass is 9.74. The zero-order chi connectivity index (χ0) is 14.0. The van der Waals surface area contributed by atoms with Crippen LogP contribution in [0.3, 0.4) is 0 Å².